The van der Waals surface area contributed by atoms with Gasteiger partial charge in [0.05, 0.1) is 11.3 Å². The highest BCUT2D eigenvalue weighted by Gasteiger charge is 2.25. The molecule has 0 spiro atoms. The monoisotopic (exact) mass is 217 g/mol. The molecular formula is C13H15NO2. The van der Waals surface area contributed by atoms with Gasteiger partial charge in [0.1, 0.15) is 6.61 Å². The first kappa shape index (κ1) is 9.82. The number of cyclic esters (lactones) is 1. The number of fused-ring (bicyclic) bond motifs is 1. The summed E-state index contributed by atoms with van der Waals surface area (Å²) in [6.45, 7) is 0.346. The molecule has 1 saturated carbocycles. The first-order valence-electron chi connectivity index (χ1n) is 6.00. The van der Waals surface area contributed by atoms with Gasteiger partial charge in [-0.3, -0.25) is 4.98 Å². The van der Waals surface area contributed by atoms with Gasteiger partial charge in [-0.2, -0.15) is 0 Å². The van der Waals surface area contributed by atoms with E-state index in [0.717, 1.165) is 5.69 Å². The topological polar surface area (TPSA) is 39.2 Å². The lowest BCUT2D eigenvalue weighted by molar-refractivity contribution is 0.0533. The Morgan fingerprint density at radius 3 is 2.88 bits per heavy atom. The summed E-state index contributed by atoms with van der Waals surface area (Å²) >= 11 is 0. The Kier molecular flexibility index (Phi) is 2.39. The van der Waals surface area contributed by atoms with Crippen molar-refractivity contribution in [3.8, 4) is 0 Å². The molecular weight excluding hydrogens is 202 g/mol. The quantitative estimate of drug-likeness (QED) is 0.679. The average molecular weight is 217 g/mol. The molecule has 1 aromatic heterocycles. The normalized spacial score (nSPS) is 20.6. The lowest BCUT2D eigenvalue weighted by atomic mass is 9.84. The number of rotatable bonds is 1. The predicted octanol–water partition coefficient (Wildman–Crippen LogP) is 2.80. The third kappa shape index (κ3) is 1.60. The summed E-state index contributed by atoms with van der Waals surface area (Å²) in [6, 6.07) is 1.99. The van der Waals surface area contributed by atoms with Gasteiger partial charge in [-0.15, -0.1) is 0 Å². The zero-order chi connectivity index (χ0) is 11.0. The summed E-state index contributed by atoms with van der Waals surface area (Å²) in [7, 11) is 0. The minimum absolute atomic E-state index is 0.208. The SMILES string of the molecule is O=C1OCc2ncc(C3CCCCC3)cc21. The maximum Gasteiger partial charge on any atom is 0.340 e. The lowest BCUT2D eigenvalue weighted by Crippen LogP contribution is -2.06. The van der Waals surface area contributed by atoms with Gasteiger partial charge in [0, 0.05) is 6.20 Å². The molecule has 0 N–H and O–H groups in total. The van der Waals surface area contributed by atoms with Crippen LogP contribution in [0.15, 0.2) is 12.3 Å². The zero-order valence-electron chi connectivity index (χ0n) is 9.24. The van der Waals surface area contributed by atoms with Gasteiger partial charge in [0.2, 0.25) is 0 Å². The summed E-state index contributed by atoms with van der Waals surface area (Å²) in [5.41, 5.74) is 2.70. The Hall–Kier alpha value is -1.38. The van der Waals surface area contributed by atoms with Crippen LogP contribution in [0.25, 0.3) is 0 Å². The molecule has 0 radical (unpaired) electrons. The van der Waals surface area contributed by atoms with Crippen molar-refractivity contribution in [2.45, 2.75) is 44.6 Å². The second-order valence-corrected chi connectivity index (χ2v) is 4.67. The summed E-state index contributed by atoms with van der Waals surface area (Å²) in [6.07, 6.45) is 8.33. The maximum absolute atomic E-state index is 11.4. The van der Waals surface area contributed by atoms with E-state index in [1.807, 2.05) is 12.3 Å². The zero-order valence-corrected chi connectivity index (χ0v) is 9.24. The Bertz CT molecular complexity index is 422. The highest BCUT2D eigenvalue weighted by molar-refractivity contribution is 5.92. The molecule has 2 heterocycles. The van der Waals surface area contributed by atoms with Crippen LogP contribution in [0, 0.1) is 0 Å². The van der Waals surface area contributed by atoms with Gasteiger partial charge >= 0.3 is 5.97 Å². The van der Waals surface area contributed by atoms with E-state index in [1.54, 1.807) is 0 Å². The van der Waals surface area contributed by atoms with Gasteiger partial charge in [-0.05, 0) is 30.4 Å². The van der Waals surface area contributed by atoms with E-state index in [4.69, 9.17) is 4.74 Å². The van der Waals surface area contributed by atoms with E-state index < -0.39 is 0 Å². The number of carbonyl (C=O) groups is 1. The van der Waals surface area contributed by atoms with Crippen LogP contribution in [-0.2, 0) is 11.3 Å². The van der Waals surface area contributed by atoms with Crippen molar-refractivity contribution in [3.05, 3.63) is 29.1 Å². The fourth-order valence-corrected chi connectivity index (χ4v) is 2.67. The molecule has 2 aliphatic rings. The van der Waals surface area contributed by atoms with Gasteiger partial charge in [0.15, 0.2) is 0 Å². The summed E-state index contributed by atoms with van der Waals surface area (Å²) in [5.74, 6) is 0.389. The molecule has 84 valence electrons. The molecule has 1 fully saturated rings. The smallest absolute Gasteiger partial charge is 0.340 e. The molecule has 1 aliphatic heterocycles. The predicted molar refractivity (Wildman–Crippen MR) is 59.2 cm³/mol. The number of esters is 1. The van der Waals surface area contributed by atoms with Crippen molar-refractivity contribution in [2.24, 2.45) is 0 Å². The average Bonchev–Trinajstić information content (AvgIpc) is 2.72. The summed E-state index contributed by atoms with van der Waals surface area (Å²) in [4.78, 5) is 15.8. The van der Waals surface area contributed by atoms with E-state index in [-0.39, 0.29) is 5.97 Å². The Balaban J connectivity index is 1.91. The third-order valence-corrected chi connectivity index (χ3v) is 3.63. The van der Waals surface area contributed by atoms with Crippen molar-refractivity contribution in [1.29, 1.82) is 0 Å². The molecule has 1 aliphatic carbocycles. The van der Waals surface area contributed by atoms with E-state index >= 15 is 0 Å². The molecule has 0 atom stereocenters. The Labute approximate surface area is 94.8 Å². The Morgan fingerprint density at radius 2 is 2.06 bits per heavy atom. The number of ether oxygens (including phenoxy) is 1. The highest BCUT2D eigenvalue weighted by atomic mass is 16.5. The molecule has 0 amide bonds. The first-order chi connectivity index (χ1) is 7.84. The van der Waals surface area contributed by atoms with E-state index in [2.05, 4.69) is 4.98 Å². The van der Waals surface area contributed by atoms with Gasteiger partial charge in [-0.1, -0.05) is 19.3 Å². The number of carbonyl (C=O) groups excluding carboxylic acids is 1. The van der Waals surface area contributed by atoms with E-state index in [0.29, 0.717) is 18.1 Å². The lowest BCUT2D eigenvalue weighted by Gasteiger charge is -2.21. The van der Waals surface area contributed by atoms with Gasteiger partial charge in [-0.25, -0.2) is 4.79 Å². The standard InChI is InChI=1S/C13H15NO2/c15-13-11-6-10(7-14-12(11)8-16-13)9-4-2-1-3-5-9/h6-7,9H,1-5,8H2. The highest BCUT2D eigenvalue weighted by Crippen LogP contribution is 2.33. The van der Waals surface area contributed by atoms with Gasteiger partial charge < -0.3 is 4.74 Å². The van der Waals surface area contributed by atoms with Crippen LogP contribution in [0.4, 0.5) is 0 Å². The minimum Gasteiger partial charge on any atom is -0.456 e. The van der Waals surface area contributed by atoms with Crippen molar-refractivity contribution >= 4 is 5.97 Å². The summed E-state index contributed by atoms with van der Waals surface area (Å²) < 4.78 is 4.96. The molecule has 0 aromatic carbocycles. The van der Waals surface area contributed by atoms with Crippen molar-refractivity contribution in [3.63, 3.8) is 0 Å². The van der Waals surface area contributed by atoms with Gasteiger partial charge in [0.25, 0.3) is 0 Å². The fraction of sp³-hybridized carbons (Fsp3) is 0.538. The van der Waals surface area contributed by atoms with Crippen LogP contribution < -0.4 is 0 Å². The van der Waals surface area contributed by atoms with Crippen LogP contribution in [0.2, 0.25) is 0 Å². The Morgan fingerprint density at radius 1 is 1.25 bits per heavy atom. The molecule has 3 heteroatoms. The van der Waals surface area contributed by atoms with Crippen LogP contribution in [0.1, 0.15) is 59.6 Å². The molecule has 0 bridgehead atoms. The maximum atomic E-state index is 11.4. The van der Waals surface area contributed by atoms with Crippen molar-refractivity contribution in [1.82, 2.24) is 4.98 Å². The van der Waals surface area contributed by atoms with Crippen LogP contribution in [0.5, 0.6) is 0 Å². The number of hydrogen-bond donors (Lipinski definition) is 0. The molecule has 0 saturated heterocycles. The minimum atomic E-state index is -0.208. The van der Waals surface area contributed by atoms with Crippen LogP contribution in [0.3, 0.4) is 0 Å². The van der Waals surface area contributed by atoms with Crippen molar-refractivity contribution < 1.29 is 9.53 Å². The number of nitrogens with zero attached hydrogens (tertiary/aromatic N) is 1. The van der Waals surface area contributed by atoms with Crippen LogP contribution >= 0.6 is 0 Å². The summed E-state index contributed by atoms with van der Waals surface area (Å²) in [5, 5.41) is 0. The molecule has 0 unspecified atom stereocenters. The number of hydrogen-bond acceptors (Lipinski definition) is 3. The van der Waals surface area contributed by atoms with E-state index in [9.17, 15) is 4.79 Å². The third-order valence-electron chi connectivity index (χ3n) is 3.63. The largest absolute Gasteiger partial charge is 0.456 e. The fourth-order valence-electron chi connectivity index (χ4n) is 2.67. The number of pyridine rings is 1. The number of aromatic nitrogens is 1. The van der Waals surface area contributed by atoms with E-state index in [1.165, 1.54) is 37.7 Å². The second-order valence-electron chi connectivity index (χ2n) is 4.67. The molecule has 1 aromatic rings. The second kappa shape index (κ2) is 3.89. The molecule has 3 rings (SSSR count). The first-order valence-corrected chi connectivity index (χ1v) is 6.00. The molecule has 16 heavy (non-hydrogen) atoms. The molecule has 3 nitrogen and oxygen atoms in total. The van der Waals surface area contributed by atoms with Crippen molar-refractivity contribution in [2.75, 3.05) is 0 Å². The van der Waals surface area contributed by atoms with Crippen LogP contribution in [-0.4, -0.2) is 11.0 Å².